The van der Waals surface area contributed by atoms with Gasteiger partial charge in [-0.05, 0) is 30.5 Å². The second-order valence-corrected chi connectivity index (χ2v) is 6.69. The van der Waals surface area contributed by atoms with Crippen molar-refractivity contribution in [2.24, 2.45) is 0 Å². The SMILES string of the molecule is CCCOc1ccc(CCC(=O)N2CC(Oc3nccs3)C2)cc1. The molecule has 0 atom stereocenters. The molecule has 1 saturated heterocycles. The van der Waals surface area contributed by atoms with Crippen LogP contribution in [-0.4, -0.2) is 41.6 Å². The molecule has 1 amide bonds. The standard InChI is InChI=1S/C18H22N2O3S/c1-2-10-22-15-6-3-14(4-7-15)5-8-17(21)20-12-16(13-20)23-18-19-9-11-24-18/h3-4,6-7,9,11,16H,2,5,8,10,12-13H2,1H3. The minimum Gasteiger partial charge on any atom is -0.494 e. The molecule has 5 nitrogen and oxygen atoms in total. The summed E-state index contributed by atoms with van der Waals surface area (Å²) in [6.07, 6.45) is 4.08. The Morgan fingerprint density at radius 3 is 2.79 bits per heavy atom. The van der Waals surface area contributed by atoms with E-state index in [0.717, 1.165) is 30.8 Å². The summed E-state index contributed by atoms with van der Waals surface area (Å²) in [5, 5.41) is 2.56. The highest BCUT2D eigenvalue weighted by molar-refractivity contribution is 7.11. The van der Waals surface area contributed by atoms with Crippen molar-refractivity contribution < 1.29 is 14.3 Å². The van der Waals surface area contributed by atoms with Gasteiger partial charge in [-0.2, -0.15) is 0 Å². The maximum absolute atomic E-state index is 12.2. The van der Waals surface area contributed by atoms with Crippen LogP contribution in [-0.2, 0) is 11.2 Å². The molecular weight excluding hydrogens is 324 g/mol. The molecule has 6 heteroatoms. The summed E-state index contributed by atoms with van der Waals surface area (Å²) < 4.78 is 11.2. The highest BCUT2D eigenvalue weighted by Crippen LogP contribution is 2.21. The van der Waals surface area contributed by atoms with Crippen LogP contribution in [0.4, 0.5) is 0 Å². The number of benzene rings is 1. The molecule has 2 aromatic rings. The molecule has 1 aromatic heterocycles. The number of nitrogens with zero attached hydrogens (tertiary/aromatic N) is 2. The zero-order chi connectivity index (χ0) is 16.8. The van der Waals surface area contributed by atoms with E-state index < -0.39 is 0 Å². The molecule has 0 radical (unpaired) electrons. The van der Waals surface area contributed by atoms with Crippen LogP contribution in [0.3, 0.4) is 0 Å². The Hall–Kier alpha value is -2.08. The topological polar surface area (TPSA) is 51.7 Å². The zero-order valence-corrected chi connectivity index (χ0v) is 14.6. The fourth-order valence-electron chi connectivity index (χ4n) is 2.51. The van der Waals surface area contributed by atoms with E-state index >= 15 is 0 Å². The lowest BCUT2D eigenvalue weighted by Gasteiger charge is -2.38. The van der Waals surface area contributed by atoms with E-state index in [0.29, 0.717) is 24.7 Å². The number of ether oxygens (including phenoxy) is 2. The molecule has 1 aliphatic heterocycles. The van der Waals surface area contributed by atoms with Crippen LogP contribution in [0.2, 0.25) is 0 Å². The first-order chi connectivity index (χ1) is 11.7. The van der Waals surface area contributed by atoms with Crippen LogP contribution in [0, 0.1) is 0 Å². The molecular formula is C18H22N2O3S. The maximum atomic E-state index is 12.2. The van der Waals surface area contributed by atoms with Crippen LogP contribution in [0.5, 0.6) is 10.9 Å². The van der Waals surface area contributed by atoms with Crippen molar-refractivity contribution in [3.05, 3.63) is 41.4 Å². The lowest BCUT2D eigenvalue weighted by atomic mass is 10.1. The molecule has 3 rings (SSSR count). The summed E-state index contributed by atoms with van der Waals surface area (Å²) in [6, 6.07) is 8.00. The number of thiazole rings is 1. The minimum absolute atomic E-state index is 0.0788. The molecule has 128 valence electrons. The van der Waals surface area contributed by atoms with Crippen molar-refractivity contribution in [2.45, 2.75) is 32.3 Å². The van der Waals surface area contributed by atoms with E-state index in [4.69, 9.17) is 9.47 Å². The first-order valence-electron chi connectivity index (χ1n) is 8.30. The number of aryl methyl sites for hydroxylation is 1. The fourth-order valence-corrected chi connectivity index (χ4v) is 3.06. The Morgan fingerprint density at radius 1 is 1.33 bits per heavy atom. The van der Waals surface area contributed by atoms with E-state index in [1.54, 1.807) is 6.20 Å². The van der Waals surface area contributed by atoms with Crippen molar-refractivity contribution >= 4 is 17.2 Å². The lowest BCUT2D eigenvalue weighted by molar-refractivity contribution is -0.139. The third kappa shape index (κ3) is 4.47. The van der Waals surface area contributed by atoms with Crippen molar-refractivity contribution in [3.63, 3.8) is 0 Å². The van der Waals surface area contributed by atoms with Gasteiger partial charge in [0.1, 0.15) is 11.9 Å². The number of aromatic nitrogens is 1. The quantitative estimate of drug-likeness (QED) is 0.737. The number of hydrogen-bond acceptors (Lipinski definition) is 5. The van der Waals surface area contributed by atoms with Gasteiger partial charge in [0.2, 0.25) is 5.91 Å². The van der Waals surface area contributed by atoms with Gasteiger partial charge in [0.05, 0.1) is 19.7 Å². The number of carbonyl (C=O) groups excluding carboxylic acids is 1. The largest absolute Gasteiger partial charge is 0.494 e. The van der Waals surface area contributed by atoms with E-state index in [2.05, 4.69) is 11.9 Å². The third-order valence-electron chi connectivity index (χ3n) is 3.90. The molecule has 24 heavy (non-hydrogen) atoms. The summed E-state index contributed by atoms with van der Waals surface area (Å²) in [6.45, 7) is 4.13. The van der Waals surface area contributed by atoms with Crippen LogP contribution in [0.1, 0.15) is 25.3 Å². The van der Waals surface area contributed by atoms with Gasteiger partial charge < -0.3 is 14.4 Å². The Bertz CT molecular complexity index is 637. The van der Waals surface area contributed by atoms with E-state index in [-0.39, 0.29) is 12.0 Å². The van der Waals surface area contributed by atoms with Gasteiger partial charge in [0.25, 0.3) is 5.19 Å². The van der Waals surface area contributed by atoms with Gasteiger partial charge in [0, 0.05) is 18.0 Å². The third-order valence-corrected chi connectivity index (χ3v) is 4.56. The van der Waals surface area contributed by atoms with E-state index in [9.17, 15) is 4.79 Å². The molecule has 1 aliphatic rings. The van der Waals surface area contributed by atoms with Crippen molar-refractivity contribution in [1.29, 1.82) is 0 Å². The Balaban J connectivity index is 1.37. The van der Waals surface area contributed by atoms with Gasteiger partial charge >= 0.3 is 0 Å². The Labute approximate surface area is 146 Å². The molecule has 1 aromatic carbocycles. The predicted octanol–water partition coefficient (Wildman–Crippen LogP) is 3.15. The molecule has 1 fully saturated rings. The fraction of sp³-hybridized carbons (Fsp3) is 0.444. The maximum Gasteiger partial charge on any atom is 0.273 e. The summed E-state index contributed by atoms with van der Waals surface area (Å²) >= 11 is 1.48. The first kappa shape index (κ1) is 16.8. The van der Waals surface area contributed by atoms with Gasteiger partial charge in [-0.1, -0.05) is 30.4 Å². The number of likely N-dealkylation sites (tertiary alicyclic amines) is 1. The normalized spacial score (nSPS) is 14.3. The number of amides is 1. The van der Waals surface area contributed by atoms with Crippen molar-refractivity contribution in [1.82, 2.24) is 9.88 Å². The van der Waals surface area contributed by atoms with Gasteiger partial charge in [-0.3, -0.25) is 4.79 Å². The van der Waals surface area contributed by atoms with E-state index in [1.807, 2.05) is 34.5 Å². The first-order valence-corrected chi connectivity index (χ1v) is 9.18. The molecule has 0 spiro atoms. The van der Waals surface area contributed by atoms with Crippen LogP contribution >= 0.6 is 11.3 Å². The average molecular weight is 346 g/mol. The number of carbonyl (C=O) groups is 1. The summed E-state index contributed by atoms with van der Waals surface area (Å²) in [7, 11) is 0. The molecule has 0 bridgehead atoms. The van der Waals surface area contributed by atoms with Crippen molar-refractivity contribution in [3.8, 4) is 10.9 Å². The lowest BCUT2D eigenvalue weighted by Crippen LogP contribution is -2.56. The average Bonchev–Trinajstić information content (AvgIpc) is 3.08. The van der Waals surface area contributed by atoms with E-state index in [1.165, 1.54) is 11.3 Å². The highest BCUT2D eigenvalue weighted by atomic mass is 32.1. The second kappa shape index (κ2) is 8.15. The molecule has 2 heterocycles. The Morgan fingerprint density at radius 2 is 2.12 bits per heavy atom. The van der Waals surface area contributed by atoms with Gasteiger partial charge in [-0.25, -0.2) is 4.98 Å². The van der Waals surface area contributed by atoms with Crippen LogP contribution < -0.4 is 9.47 Å². The van der Waals surface area contributed by atoms with Gasteiger partial charge in [-0.15, -0.1) is 0 Å². The monoisotopic (exact) mass is 346 g/mol. The van der Waals surface area contributed by atoms with Gasteiger partial charge in [0.15, 0.2) is 0 Å². The molecule has 0 saturated carbocycles. The zero-order valence-electron chi connectivity index (χ0n) is 13.8. The molecule has 0 unspecified atom stereocenters. The number of hydrogen-bond donors (Lipinski definition) is 0. The van der Waals surface area contributed by atoms with Crippen LogP contribution in [0.15, 0.2) is 35.8 Å². The van der Waals surface area contributed by atoms with Crippen LogP contribution in [0.25, 0.3) is 0 Å². The predicted molar refractivity (Wildman–Crippen MR) is 93.7 cm³/mol. The summed E-state index contributed by atoms with van der Waals surface area (Å²) in [4.78, 5) is 18.1. The number of rotatable bonds is 8. The smallest absolute Gasteiger partial charge is 0.273 e. The second-order valence-electron chi connectivity index (χ2n) is 5.83. The summed E-state index contributed by atoms with van der Waals surface area (Å²) in [5.74, 6) is 1.07. The molecule has 0 N–H and O–H groups in total. The minimum atomic E-state index is 0.0788. The molecule has 0 aliphatic carbocycles. The summed E-state index contributed by atoms with van der Waals surface area (Å²) in [5.41, 5.74) is 1.16. The van der Waals surface area contributed by atoms with Crippen molar-refractivity contribution in [2.75, 3.05) is 19.7 Å². The highest BCUT2D eigenvalue weighted by Gasteiger charge is 2.32. The Kier molecular flexibility index (Phi) is 5.69.